The number of nitrogens with one attached hydrogen (secondary N) is 2. The van der Waals surface area contributed by atoms with E-state index in [4.69, 9.17) is 9.94 Å². The van der Waals surface area contributed by atoms with Crippen LogP contribution in [-0.4, -0.2) is 119 Å². The molecule has 4 heterocycles. The number of rotatable bonds is 16. The van der Waals surface area contributed by atoms with Crippen LogP contribution in [0.15, 0.2) is 27.0 Å². The van der Waals surface area contributed by atoms with Crippen LogP contribution in [-0.2, 0) is 40.1 Å². The molecule has 2 aromatic rings. The number of carbonyl (C=O) groups excluding carboxylic acids is 4. The van der Waals surface area contributed by atoms with E-state index in [-0.39, 0.29) is 66.6 Å². The number of thiazole rings is 1. The Bertz CT molecular complexity index is 1380. The highest BCUT2D eigenvalue weighted by atomic mass is 32.2. The summed E-state index contributed by atoms with van der Waals surface area (Å²) in [4.78, 5) is 69.7. The van der Waals surface area contributed by atoms with Gasteiger partial charge in [0, 0.05) is 16.9 Å². The Morgan fingerprint density at radius 2 is 2.15 bits per heavy atom. The number of tetrazole rings is 1. The minimum Gasteiger partial charge on any atom is -0.477 e. The van der Waals surface area contributed by atoms with Crippen molar-refractivity contribution in [2.45, 2.75) is 23.1 Å². The zero-order valence-corrected chi connectivity index (χ0v) is 23.2. The molecular formula is C20H21N9O9S3. The van der Waals surface area contributed by atoms with Gasteiger partial charge in [0.25, 0.3) is 18.3 Å². The molecular weight excluding hydrogens is 606 g/mol. The van der Waals surface area contributed by atoms with E-state index < -0.39 is 29.2 Å². The topological polar surface area (TPSA) is 240 Å². The number of ether oxygens (including phenoxy) is 1. The van der Waals surface area contributed by atoms with Gasteiger partial charge in [-0.15, -0.1) is 28.2 Å². The summed E-state index contributed by atoms with van der Waals surface area (Å²) in [6.07, 6.45) is 0.409. The molecule has 0 radical (unpaired) electrons. The zero-order chi connectivity index (χ0) is 29.4. The molecule has 21 heteroatoms. The maximum atomic E-state index is 13.2. The lowest BCUT2D eigenvalue weighted by atomic mass is 10.0. The van der Waals surface area contributed by atoms with Gasteiger partial charge in [0.1, 0.15) is 29.4 Å². The van der Waals surface area contributed by atoms with E-state index in [0.717, 1.165) is 28.0 Å². The van der Waals surface area contributed by atoms with Crippen LogP contribution in [0.2, 0.25) is 0 Å². The molecule has 0 aliphatic carbocycles. The van der Waals surface area contributed by atoms with Crippen LogP contribution in [0.25, 0.3) is 0 Å². The SMILES string of the molecule is O=CNc1nc(C(=NOCCOC=O)C(=O)NC2C(=O)N3C(C(=O)O)=C(CSc4nnnn4CCO)CS[C@H]23)cs1. The lowest BCUT2D eigenvalue weighted by molar-refractivity contribution is -0.150. The summed E-state index contributed by atoms with van der Waals surface area (Å²) in [5, 5.41) is 40.2. The Labute approximate surface area is 242 Å². The maximum absolute atomic E-state index is 13.2. The monoisotopic (exact) mass is 627 g/mol. The Hall–Kier alpha value is -4.08. The molecule has 0 bridgehead atoms. The number of carboxylic acids is 1. The molecule has 2 aliphatic rings. The molecule has 18 nitrogen and oxygen atoms in total. The average Bonchev–Trinajstić information content (AvgIpc) is 3.61. The predicted octanol–water partition coefficient (Wildman–Crippen LogP) is -1.89. The molecule has 4 rings (SSSR count). The highest BCUT2D eigenvalue weighted by molar-refractivity contribution is 8.01. The van der Waals surface area contributed by atoms with Gasteiger partial charge in [0.15, 0.2) is 17.5 Å². The van der Waals surface area contributed by atoms with E-state index in [1.807, 2.05) is 0 Å². The molecule has 2 aliphatic heterocycles. The number of aliphatic hydroxyl groups is 1. The van der Waals surface area contributed by atoms with Gasteiger partial charge < -0.3 is 30.4 Å². The lowest BCUT2D eigenvalue weighted by Crippen LogP contribution is -2.71. The van der Waals surface area contributed by atoms with Crippen molar-refractivity contribution < 1.29 is 43.8 Å². The first-order chi connectivity index (χ1) is 19.9. The van der Waals surface area contributed by atoms with Gasteiger partial charge in [0.2, 0.25) is 11.6 Å². The largest absolute Gasteiger partial charge is 0.477 e. The fraction of sp³-hybridized carbons (Fsp3) is 0.400. The minimum absolute atomic E-state index is 0.0436. The molecule has 0 aromatic carbocycles. The van der Waals surface area contributed by atoms with Gasteiger partial charge in [-0.2, -0.15) is 0 Å². The molecule has 0 spiro atoms. The molecule has 2 aromatic heterocycles. The number of β-lactam (4-membered cyclic amide) rings is 1. The normalized spacial score (nSPS) is 18.3. The standard InChI is InChI=1S/C20H21N9O9S3/c30-2-1-28-20(24-26-27-28)41-6-10-5-39-17-13(16(34)29(17)14(10)18(35)36)23-15(33)12(25-38-4-3-37-9-32)11-7-40-19(22-11)21-8-31/h7-9,13,17,30H,1-6H2,(H,23,33)(H,35,36)(H,21,22,31)/t13?,17-/m1/s1. The first kappa shape index (κ1) is 29.9. The highest BCUT2D eigenvalue weighted by Gasteiger charge is 2.54. The summed E-state index contributed by atoms with van der Waals surface area (Å²) in [6, 6.07) is -1.07. The number of aromatic nitrogens is 5. The highest BCUT2D eigenvalue weighted by Crippen LogP contribution is 2.41. The summed E-state index contributed by atoms with van der Waals surface area (Å²) in [5.74, 6) is -2.34. The van der Waals surface area contributed by atoms with Crippen molar-refractivity contribution in [2.75, 3.05) is 36.6 Å². The summed E-state index contributed by atoms with van der Waals surface area (Å²) in [6.45, 7) is -0.0953. The minimum atomic E-state index is -1.30. The zero-order valence-electron chi connectivity index (χ0n) is 20.7. The van der Waals surface area contributed by atoms with Crippen LogP contribution in [0, 0.1) is 0 Å². The van der Waals surface area contributed by atoms with Crippen molar-refractivity contribution in [3.05, 3.63) is 22.3 Å². The van der Waals surface area contributed by atoms with Crippen LogP contribution < -0.4 is 10.6 Å². The van der Waals surface area contributed by atoms with Gasteiger partial charge in [-0.3, -0.25) is 24.1 Å². The van der Waals surface area contributed by atoms with Crippen molar-refractivity contribution >= 4 is 76.4 Å². The number of aliphatic hydroxyl groups excluding tert-OH is 1. The van der Waals surface area contributed by atoms with E-state index in [9.17, 15) is 29.1 Å². The summed E-state index contributed by atoms with van der Waals surface area (Å²) in [5.41, 5.74) is 0.00724. The number of carbonyl (C=O) groups is 5. The molecule has 3 amide bonds. The van der Waals surface area contributed by atoms with Gasteiger partial charge in [-0.25, -0.2) is 14.5 Å². The maximum Gasteiger partial charge on any atom is 0.352 e. The summed E-state index contributed by atoms with van der Waals surface area (Å²) < 4.78 is 5.89. The number of hydrogen-bond acceptors (Lipinski definition) is 16. The fourth-order valence-corrected chi connectivity index (χ4v) is 6.68. The number of nitrogens with zero attached hydrogens (tertiary/aromatic N) is 7. The second kappa shape index (κ2) is 14.0. The number of aliphatic carboxylic acids is 1. The van der Waals surface area contributed by atoms with Crippen LogP contribution >= 0.6 is 34.9 Å². The van der Waals surface area contributed by atoms with Gasteiger partial charge >= 0.3 is 5.97 Å². The average molecular weight is 628 g/mol. The lowest BCUT2D eigenvalue weighted by Gasteiger charge is -2.49. The first-order valence-electron chi connectivity index (χ1n) is 11.5. The predicted molar refractivity (Wildman–Crippen MR) is 142 cm³/mol. The van der Waals surface area contributed by atoms with Gasteiger partial charge in [-0.05, 0) is 16.0 Å². The van der Waals surface area contributed by atoms with Gasteiger partial charge in [-0.1, -0.05) is 16.9 Å². The van der Waals surface area contributed by atoms with Crippen LogP contribution in [0.3, 0.4) is 0 Å². The number of amides is 3. The Morgan fingerprint density at radius 3 is 2.88 bits per heavy atom. The molecule has 1 saturated heterocycles. The third-order valence-corrected chi connectivity index (χ3v) is 8.54. The Kier molecular flexibility index (Phi) is 10.2. The quantitative estimate of drug-likeness (QED) is 0.0397. The number of thioether (sulfide) groups is 2. The van der Waals surface area contributed by atoms with Crippen molar-refractivity contribution in [3.8, 4) is 0 Å². The number of hydrogen-bond donors (Lipinski definition) is 4. The van der Waals surface area contributed by atoms with E-state index in [1.165, 1.54) is 21.8 Å². The third-order valence-electron chi connectivity index (χ3n) is 5.38. The molecule has 1 fully saturated rings. The number of carboxylic acid groups (broad SMARTS) is 1. The second-order valence-electron chi connectivity index (χ2n) is 7.86. The second-order valence-corrected chi connectivity index (χ2v) is 10.8. The number of fused-ring (bicyclic) bond motifs is 1. The Morgan fingerprint density at radius 1 is 1.32 bits per heavy atom. The first-order valence-corrected chi connectivity index (χ1v) is 14.4. The summed E-state index contributed by atoms with van der Waals surface area (Å²) >= 11 is 3.45. The third kappa shape index (κ3) is 6.81. The molecule has 2 atom stereocenters. The van der Waals surface area contributed by atoms with Crippen molar-refractivity contribution in [1.29, 1.82) is 0 Å². The molecule has 1 unspecified atom stereocenters. The van der Waals surface area contributed by atoms with E-state index in [0.29, 0.717) is 17.1 Å². The van der Waals surface area contributed by atoms with E-state index >= 15 is 0 Å². The van der Waals surface area contributed by atoms with E-state index in [2.05, 4.69) is 41.0 Å². The molecule has 218 valence electrons. The Balaban J connectivity index is 1.47. The number of anilines is 1. The van der Waals surface area contributed by atoms with Crippen molar-refractivity contribution in [3.63, 3.8) is 0 Å². The van der Waals surface area contributed by atoms with Crippen LogP contribution in [0.1, 0.15) is 5.69 Å². The van der Waals surface area contributed by atoms with E-state index in [1.54, 1.807) is 0 Å². The fourth-order valence-electron chi connectivity index (χ4n) is 3.64. The van der Waals surface area contributed by atoms with Crippen molar-refractivity contribution in [1.82, 2.24) is 35.4 Å². The van der Waals surface area contributed by atoms with Gasteiger partial charge in [0.05, 0.1) is 13.2 Å². The molecule has 41 heavy (non-hydrogen) atoms. The van der Waals surface area contributed by atoms with Crippen molar-refractivity contribution in [2.24, 2.45) is 5.16 Å². The van der Waals surface area contributed by atoms with Crippen LogP contribution in [0.5, 0.6) is 0 Å². The molecule has 0 saturated carbocycles. The summed E-state index contributed by atoms with van der Waals surface area (Å²) in [7, 11) is 0. The molecule has 4 N–H and O–H groups in total. The smallest absolute Gasteiger partial charge is 0.352 e. The number of oxime groups is 1. The van der Waals surface area contributed by atoms with Crippen LogP contribution in [0.4, 0.5) is 5.13 Å².